The second-order valence-corrected chi connectivity index (χ2v) is 13.7. The molecule has 0 unspecified atom stereocenters. The lowest BCUT2D eigenvalue weighted by Gasteiger charge is -2.34. The standard InChI is InChI=1S/C39H62FN7O7/c1-30-37(25-32(28-48)35-26-33(40)5-6-36(35)41-3)44-31(2)39(30)43-9-4-11-45-13-15-47(16-14-45)38(50)8-17-51-19-21-53-23-24-54-22-20-52-18-10-42-29-46-12-7-34(49)27-46/h5-6,25-26,28,34,41-44,49H,4,7-24,27,29H2,1-3H3/b32-25+/t34-/m0/s1. The number of carbonyl (C=O) groups is 2. The lowest BCUT2D eigenvalue weighted by Crippen LogP contribution is -2.49. The quantitative estimate of drug-likeness (QED) is 0.0545. The van der Waals surface area contributed by atoms with Gasteiger partial charge in [0.25, 0.3) is 0 Å². The summed E-state index contributed by atoms with van der Waals surface area (Å²) in [6, 6.07) is 4.35. The third kappa shape index (κ3) is 14.7. The van der Waals surface area contributed by atoms with Crippen molar-refractivity contribution in [3.05, 3.63) is 46.5 Å². The number of benzene rings is 1. The van der Waals surface area contributed by atoms with E-state index in [-0.39, 0.29) is 12.0 Å². The number of anilines is 2. The lowest BCUT2D eigenvalue weighted by molar-refractivity contribution is -0.134. The van der Waals surface area contributed by atoms with Crippen LogP contribution in [0.15, 0.2) is 18.2 Å². The Morgan fingerprint density at radius 3 is 2.28 bits per heavy atom. The Kier molecular flexibility index (Phi) is 19.4. The Labute approximate surface area is 319 Å². The van der Waals surface area contributed by atoms with E-state index in [1.807, 2.05) is 18.7 Å². The molecule has 302 valence electrons. The number of nitrogens with zero attached hydrogens (tertiary/aromatic N) is 3. The Hall–Kier alpha value is -3.41. The number of hydrogen-bond acceptors (Lipinski definition) is 12. The van der Waals surface area contributed by atoms with E-state index < -0.39 is 5.82 Å². The zero-order valence-electron chi connectivity index (χ0n) is 32.4. The smallest absolute Gasteiger partial charge is 0.224 e. The fourth-order valence-corrected chi connectivity index (χ4v) is 6.64. The number of amides is 1. The van der Waals surface area contributed by atoms with E-state index in [4.69, 9.17) is 18.9 Å². The zero-order chi connectivity index (χ0) is 38.5. The zero-order valence-corrected chi connectivity index (χ0v) is 32.4. The van der Waals surface area contributed by atoms with Crippen LogP contribution in [-0.2, 0) is 28.5 Å². The number of aryl methyl sites for hydroxylation is 1. The van der Waals surface area contributed by atoms with Crippen LogP contribution in [0.4, 0.5) is 15.8 Å². The van der Waals surface area contributed by atoms with E-state index in [2.05, 4.69) is 30.7 Å². The highest BCUT2D eigenvalue weighted by molar-refractivity contribution is 6.15. The summed E-state index contributed by atoms with van der Waals surface area (Å²) in [7, 11) is 1.74. The summed E-state index contributed by atoms with van der Waals surface area (Å²) in [4.78, 5) is 34.6. The van der Waals surface area contributed by atoms with Gasteiger partial charge >= 0.3 is 0 Å². The number of aromatic amines is 1. The van der Waals surface area contributed by atoms with Gasteiger partial charge in [0.2, 0.25) is 5.91 Å². The van der Waals surface area contributed by atoms with Crippen molar-refractivity contribution in [2.24, 2.45) is 0 Å². The molecule has 0 radical (unpaired) electrons. The molecular weight excluding hydrogens is 697 g/mol. The van der Waals surface area contributed by atoms with Gasteiger partial charge < -0.3 is 49.9 Å². The number of β-amino-alcohol motifs (C(OH)–C–C–N with tert-alkyl or cyclic N) is 1. The van der Waals surface area contributed by atoms with Crippen molar-refractivity contribution in [1.29, 1.82) is 0 Å². The number of piperazine rings is 1. The highest BCUT2D eigenvalue weighted by atomic mass is 19.1. The van der Waals surface area contributed by atoms with Gasteiger partial charge in [-0.05, 0) is 63.1 Å². The molecule has 5 N–H and O–H groups in total. The predicted octanol–water partition coefficient (Wildman–Crippen LogP) is 2.57. The monoisotopic (exact) mass is 759 g/mol. The molecule has 2 fully saturated rings. The number of halogens is 1. The van der Waals surface area contributed by atoms with Crippen molar-refractivity contribution >= 4 is 35.2 Å². The van der Waals surface area contributed by atoms with Crippen LogP contribution in [-0.4, -0.2) is 169 Å². The summed E-state index contributed by atoms with van der Waals surface area (Å²) in [5, 5.41) is 19.4. The number of aldehydes is 1. The summed E-state index contributed by atoms with van der Waals surface area (Å²) in [5.41, 5.74) is 5.36. The molecule has 15 heteroatoms. The molecule has 0 aliphatic carbocycles. The van der Waals surface area contributed by atoms with Crippen molar-refractivity contribution in [2.75, 3.05) is 136 Å². The van der Waals surface area contributed by atoms with Crippen molar-refractivity contribution in [1.82, 2.24) is 25.0 Å². The molecular formula is C39H62FN7O7. The van der Waals surface area contributed by atoms with Gasteiger partial charge in [-0.3, -0.25) is 19.4 Å². The van der Waals surface area contributed by atoms with Crippen molar-refractivity contribution in [3.63, 3.8) is 0 Å². The van der Waals surface area contributed by atoms with Gasteiger partial charge in [-0.15, -0.1) is 0 Å². The minimum Gasteiger partial charge on any atom is -0.392 e. The summed E-state index contributed by atoms with van der Waals surface area (Å²) in [6.07, 6.45) is 4.48. The van der Waals surface area contributed by atoms with Crippen LogP contribution in [0.1, 0.15) is 41.8 Å². The SMILES string of the molecule is CNc1ccc(F)cc1/C(C=O)=C/c1[nH]c(C)c(NCCCN2CCN(C(=O)CCOCCOCCOCCOCCNCN3CC[C@H](O)C3)CC2)c1C. The number of ether oxygens (including phenoxy) is 4. The maximum absolute atomic E-state index is 14.0. The first-order valence-electron chi connectivity index (χ1n) is 19.3. The molecule has 2 saturated heterocycles. The number of rotatable bonds is 26. The molecule has 54 heavy (non-hydrogen) atoms. The number of aliphatic hydroxyl groups excluding tert-OH is 1. The van der Waals surface area contributed by atoms with Gasteiger partial charge in [0.05, 0.1) is 71.1 Å². The molecule has 0 saturated carbocycles. The van der Waals surface area contributed by atoms with Crippen LogP contribution in [0, 0.1) is 19.7 Å². The Bertz CT molecular complexity index is 1450. The number of hydrogen-bond donors (Lipinski definition) is 5. The highest BCUT2D eigenvalue weighted by Crippen LogP contribution is 2.29. The number of aliphatic hydroxyl groups is 1. The summed E-state index contributed by atoms with van der Waals surface area (Å²) in [5.74, 6) is -0.279. The number of likely N-dealkylation sites (tertiary alicyclic amines) is 1. The van der Waals surface area contributed by atoms with Crippen LogP contribution in [0.2, 0.25) is 0 Å². The summed E-state index contributed by atoms with van der Waals surface area (Å²) < 4.78 is 36.2. The lowest BCUT2D eigenvalue weighted by atomic mass is 10.0. The molecule has 14 nitrogen and oxygen atoms in total. The number of aromatic nitrogens is 1. The van der Waals surface area contributed by atoms with Gasteiger partial charge in [0, 0.05) is 94.3 Å². The van der Waals surface area contributed by atoms with Gasteiger partial charge in [-0.25, -0.2) is 4.39 Å². The van der Waals surface area contributed by atoms with Gasteiger partial charge in [0.1, 0.15) is 5.82 Å². The van der Waals surface area contributed by atoms with Gasteiger partial charge in [-0.2, -0.15) is 0 Å². The van der Waals surface area contributed by atoms with Gasteiger partial charge in [0.15, 0.2) is 6.29 Å². The topological polar surface area (TPSA) is 153 Å². The van der Waals surface area contributed by atoms with E-state index in [0.29, 0.717) is 89.2 Å². The van der Waals surface area contributed by atoms with E-state index in [1.54, 1.807) is 19.2 Å². The average Bonchev–Trinajstić information content (AvgIpc) is 3.71. The maximum atomic E-state index is 14.0. The summed E-state index contributed by atoms with van der Waals surface area (Å²) >= 11 is 0. The molecule has 1 amide bonds. The predicted molar refractivity (Wildman–Crippen MR) is 209 cm³/mol. The average molecular weight is 760 g/mol. The Balaban J connectivity index is 0.977. The van der Waals surface area contributed by atoms with Crippen LogP contribution in [0.3, 0.4) is 0 Å². The van der Waals surface area contributed by atoms with Crippen molar-refractivity contribution in [2.45, 2.75) is 39.2 Å². The van der Waals surface area contributed by atoms with Gasteiger partial charge in [-0.1, -0.05) is 0 Å². The van der Waals surface area contributed by atoms with E-state index in [9.17, 15) is 19.1 Å². The van der Waals surface area contributed by atoms with Crippen LogP contribution in [0.25, 0.3) is 11.6 Å². The fourth-order valence-electron chi connectivity index (χ4n) is 6.64. The van der Waals surface area contributed by atoms with E-state index >= 15 is 0 Å². The van der Waals surface area contributed by atoms with E-state index in [1.165, 1.54) is 12.1 Å². The number of carbonyl (C=O) groups excluding carboxylic acids is 2. The van der Waals surface area contributed by atoms with Crippen molar-refractivity contribution in [3.8, 4) is 0 Å². The normalized spacial score (nSPS) is 17.0. The van der Waals surface area contributed by atoms with Crippen LogP contribution < -0.4 is 16.0 Å². The highest BCUT2D eigenvalue weighted by Gasteiger charge is 2.21. The van der Waals surface area contributed by atoms with Crippen LogP contribution in [0.5, 0.6) is 0 Å². The maximum Gasteiger partial charge on any atom is 0.224 e. The Morgan fingerprint density at radius 1 is 0.944 bits per heavy atom. The molecule has 3 heterocycles. The molecule has 0 bridgehead atoms. The molecule has 1 aromatic heterocycles. The second kappa shape index (κ2) is 24.2. The molecule has 1 aromatic carbocycles. The van der Waals surface area contributed by atoms with Crippen LogP contribution >= 0.6 is 0 Å². The minimum atomic E-state index is -0.400. The largest absolute Gasteiger partial charge is 0.392 e. The third-order valence-corrected chi connectivity index (χ3v) is 9.73. The molecule has 1 atom stereocenters. The second-order valence-electron chi connectivity index (χ2n) is 13.7. The number of nitrogens with one attached hydrogen (secondary N) is 4. The Morgan fingerprint density at radius 2 is 1.63 bits per heavy atom. The number of H-pyrrole nitrogens is 1. The first-order valence-corrected chi connectivity index (χ1v) is 19.3. The third-order valence-electron chi connectivity index (χ3n) is 9.73. The molecule has 2 aliphatic rings. The van der Waals surface area contributed by atoms with E-state index in [0.717, 1.165) is 94.2 Å². The fraction of sp³-hybridized carbons (Fsp3) is 0.641. The minimum absolute atomic E-state index is 0.121. The van der Waals surface area contributed by atoms with Crippen molar-refractivity contribution < 1.29 is 38.0 Å². The molecule has 4 rings (SSSR count). The first-order chi connectivity index (χ1) is 26.3. The number of allylic oxidation sites excluding steroid dienone is 1. The summed E-state index contributed by atoms with van der Waals surface area (Å²) in [6.45, 7) is 16.0. The molecule has 0 spiro atoms. The molecule has 2 aliphatic heterocycles. The first kappa shape index (κ1) is 43.3. The molecule has 2 aromatic rings.